The van der Waals surface area contributed by atoms with Crippen molar-refractivity contribution in [3.8, 4) is 23.0 Å². The quantitative estimate of drug-likeness (QED) is 0.179. The maximum Gasteiger partial charge on any atom is 0.138 e. The first-order valence-electron chi connectivity index (χ1n) is 9.19. The van der Waals surface area contributed by atoms with Gasteiger partial charge in [0.15, 0.2) is 0 Å². The van der Waals surface area contributed by atoms with E-state index in [1.165, 1.54) is 6.08 Å². The number of halogens is 4. The normalized spacial score (nSPS) is 11.9. The van der Waals surface area contributed by atoms with Gasteiger partial charge < -0.3 is 19.0 Å². The number of rotatable bonds is 11. The number of hydrogen-bond donors (Lipinski definition) is 0. The summed E-state index contributed by atoms with van der Waals surface area (Å²) in [6.45, 7) is 4.15. The molecule has 2 aromatic rings. The highest BCUT2D eigenvalue weighted by molar-refractivity contribution is 6.56. The maximum absolute atomic E-state index is 5.86. The zero-order valence-electron chi connectivity index (χ0n) is 16.9. The molecule has 2 aromatic carbocycles. The molecule has 2 rings (SSSR count). The Kier molecular flexibility index (Phi) is 10.9. The predicted octanol–water partition coefficient (Wildman–Crippen LogP) is 7.66. The van der Waals surface area contributed by atoms with Crippen LogP contribution in [0.15, 0.2) is 74.8 Å². The van der Waals surface area contributed by atoms with Crippen LogP contribution >= 0.6 is 46.4 Å². The van der Waals surface area contributed by atoms with Crippen LogP contribution in [0.2, 0.25) is 0 Å². The van der Waals surface area contributed by atoms with Gasteiger partial charge in [0.25, 0.3) is 0 Å². The molecule has 0 saturated heterocycles. The van der Waals surface area contributed by atoms with Crippen molar-refractivity contribution in [3.05, 3.63) is 69.7 Å². The molecule has 0 aliphatic carbocycles. The summed E-state index contributed by atoms with van der Waals surface area (Å²) in [4.78, 5) is 5.11. The number of ether oxygens (including phenoxy) is 3. The van der Waals surface area contributed by atoms with E-state index in [9.17, 15) is 0 Å². The lowest BCUT2D eigenvalue weighted by Crippen LogP contribution is -2.21. The molecule has 166 valence electrons. The van der Waals surface area contributed by atoms with Gasteiger partial charge in [-0.1, -0.05) is 51.6 Å². The van der Waals surface area contributed by atoms with Crippen molar-refractivity contribution in [2.75, 3.05) is 13.2 Å². The van der Waals surface area contributed by atoms with E-state index in [1.807, 2.05) is 38.1 Å². The second-order valence-corrected chi connectivity index (χ2v) is 8.15. The maximum atomic E-state index is 5.86. The van der Waals surface area contributed by atoms with E-state index in [0.29, 0.717) is 28.7 Å². The third-order valence-corrected chi connectivity index (χ3v) is 4.41. The average Bonchev–Trinajstić information content (AvgIpc) is 2.73. The van der Waals surface area contributed by atoms with Crippen LogP contribution in [0, 0.1) is 0 Å². The van der Waals surface area contributed by atoms with Crippen LogP contribution in [-0.4, -0.2) is 25.0 Å². The second-order valence-electron chi connectivity index (χ2n) is 6.13. The molecule has 0 fully saturated rings. The molecule has 0 amide bonds. The fraction of sp³-hybridized carbons (Fsp3) is 0.227. The van der Waals surface area contributed by atoms with Crippen molar-refractivity contribution in [2.24, 2.45) is 5.16 Å². The Morgan fingerprint density at radius 1 is 0.806 bits per heavy atom. The van der Waals surface area contributed by atoms with Crippen molar-refractivity contribution < 1.29 is 19.0 Å². The van der Waals surface area contributed by atoms with E-state index in [4.69, 9.17) is 65.5 Å². The van der Waals surface area contributed by atoms with Crippen LogP contribution in [0.4, 0.5) is 0 Å². The number of nitrogens with zero attached hydrogens (tertiary/aromatic N) is 1. The van der Waals surface area contributed by atoms with Gasteiger partial charge in [-0.3, -0.25) is 0 Å². The van der Waals surface area contributed by atoms with Gasteiger partial charge in [0.05, 0.1) is 5.71 Å². The highest BCUT2D eigenvalue weighted by atomic mass is 35.5. The molecule has 0 aliphatic heterocycles. The Labute approximate surface area is 201 Å². The van der Waals surface area contributed by atoms with Crippen LogP contribution < -0.4 is 14.2 Å². The van der Waals surface area contributed by atoms with Crippen molar-refractivity contribution in [1.29, 1.82) is 0 Å². The summed E-state index contributed by atoms with van der Waals surface area (Å²) in [7, 11) is 0. The lowest BCUT2D eigenvalue weighted by atomic mass is 10.2. The highest BCUT2D eigenvalue weighted by Crippen LogP contribution is 2.26. The van der Waals surface area contributed by atoms with E-state index >= 15 is 0 Å². The third-order valence-electron chi connectivity index (χ3n) is 3.79. The molecule has 9 heteroatoms. The minimum absolute atomic E-state index is 0.133. The molecule has 0 saturated carbocycles. The Morgan fingerprint density at radius 2 is 1.29 bits per heavy atom. The summed E-state index contributed by atoms with van der Waals surface area (Å²) in [6, 6.07) is 14.5. The molecule has 0 aliphatic rings. The van der Waals surface area contributed by atoms with E-state index in [2.05, 4.69) is 5.16 Å². The zero-order chi connectivity index (χ0) is 22.6. The monoisotopic (exact) mass is 503 g/mol. The van der Waals surface area contributed by atoms with Gasteiger partial charge in [-0.2, -0.15) is 0 Å². The molecule has 0 spiro atoms. The van der Waals surface area contributed by atoms with Crippen LogP contribution in [0.5, 0.6) is 23.0 Å². The van der Waals surface area contributed by atoms with E-state index in [1.54, 1.807) is 30.3 Å². The van der Waals surface area contributed by atoms with Crippen molar-refractivity contribution >= 4 is 52.1 Å². The molecular formula is C22H21Cl4NO4. The molecule has 5 nitrogen and oxygen atoms in total. The summed E-state index contributed by atoms with van der Waals surface area (Å²) < 4.78 is 17.5. The minimum Gasteiger partial charge on any atom is -0.489 e. The number of hydrogen-bond acceptors (Lipinski definition) is 5. The smallest absolute Gasteiger partial charge is 0.138 e. The Bertz CT molecular complexity index is 904. The lowest BCUT2D eigenvalue weighted by molar-refractivity contribution is 0.168. The molecule has 31 heavy (non-hydrogen) atoms. The standard InChI is InChI=1S/C22H21Cl4NO4/c1-15(27-29-14-12-22(25)26)16(2)30-18-7-9-20(10-8-18)31-19-5-3-17(4-6-19)28-13-11-21(23)24/h3-12,16H,13-14H2,1-2H3. The van der Waals surface area contributed by atoms with Crippen LogP contribution in [0.3, 0.4) is 0 Å². The van der Waals surface area contributed by atoms with Crippen molar-refractivity contribution in [3.63, 3.8) is 0 Å². The summed E-state index contributed by atoms with van der Waals surface area (Å²) in [5.74, 6) is 2.70. The van der Waals surface area contributed by atoms with E-state index in [0.717, 1.165) is 0 Å². The SMILES string of the molecule is CC(=NOCC=C(Cl)Cl)C(C)Oc1ccc(Oc2ccc(OCC=C(Cl)Cl)cc2)cc1. The zero-order valence-corrected chi connectivity index (χ0v) is 19.9. The van der Waals surface area contributed by atoms with Crippen molar-refractivity contribution in [1.82, 2.24) is 0 Å². The molecule has 1 atom stereocenters. The van der Waals surface area contributed by atoms with Gasteiger partial charge in [0, 0.05) is 0 Å². The second kappa shape index (κ2) is 13.4. The Balaban J connectivity index is 1.85. The molecule has 0 N–H and O–H groups in total. The summed E-state index contributed by atoms with van der Waals surface area (Å²) in [6.07, 6.45) is 2.78. The predicted molar refractivity (Wildman–Crippen MR) is 127 cm³/mol. The molecule has 0 heterocycles. The minimum atomic E-state index is -0.279. The highest BCUT2D eigenvalue weighted by Gasteiger charge is 2.09. The average molecular weight is 505 g/mol. The molecule has 0 aromatic heterocycles. The van der Waals surface area contributed by atoms with Gasteiger partial charge in [-0.15, -0.1) is 0 Å². The Hall–Kier alpha value is -2.05. The van der Waals surface area contributed by atoms with Gasteiger partial charge >= 0.3 is 0 Å². The van der Waals surface area contributed by atoms with E-state index in [-0.39, 0.29) is 28.3 Å². The van der Waals surface area contributed by atoms with Gasteiger partial charge in [0.1, 0.15) is 51.3 Å². The van der Waals surface area contributed by atoms with E-state index < -0.39 is 0 Å². The number of oxime groups is 1. The fourth-order valence-corrected chi connectivity index (χ4v) is 2.38. The molecule has 0 bridgehead atoms. The summed E-state index contributed by atoms with van der Waals surface area (Å²) in [5, 5.41) is 3.98. The largest absolute Gasteiger partial charge is 0.489 e. The fourth-order valence-electron chi connectivity index (χ4n) is 2.13. The van der Waals surface area contributed by atoms with Gasteiger partial charge in [-0.05, 0) is 74.5 Å². The first kappa shape index (κ1) is 25.2. The van der Waals surface area contributed by atoms with Crippen LogP contribution in [-0.2, 0) is 4.84 Å². The first-order valence-corrected chi connectivity index (χ1v) is 10.7. The molecule has 0 radical (unpaired) electrons. The Morgan fingerprint density at radius 3 is 1.84 bits per heavy atom. The van der Waals surface area contributed by atoms with Crippen LogP contribution in [0.1, 0.15) is 13.8 Å². The third kappa shape index (κ3) is 10.2. The summed E-state index contributed by atoms with van der Waals surface area (Å²) in [5.41, 5.74) is 0.672. The number of benzene rings is 2. The first-order chi connectivity index (χ1) is 14.8. The van der Waals surface area contributed by atoms with Crippen LogP contribution in [0.25, 0.3) is 0 Å². The van der Waals surface area contributed by atoms with Gasteiger partial charge in [0.2, 0.25) is 0 Å². The summed E-state index contributed by atoms with van der Waals surface area (Å²) >= 11 is 22.1. The molecule has 1 unspecified atom stereocenters. The van der Waals surface area contributed by atoms with Gasteiger partial charge in [-0.25, -0.2) is 0 Å². The molecular weight excluding hydrogens is 484 g/mol. The van der Waals surface area contributed by atoms with Crippen molar-refractivity contribution in [2.45, 2.75) is 20.0 Å². The topological polar surface area (TPSA) is 49.3 Å². The lowest BCUT2D eigenvalue weighted by Gasteiger charge is -2.14.